The van der Waals surface area contributed by atoms with E-state index in [1.54, 1.807) is 0 Å². The first-order valence-electron chi connectivity index (χ1n) is 6.56. The maximum atomic E-state index is 11.3. The van der Waals surface area contributed by atoms with E-state index in [-0.39, 0.29) is 17.7 Å². The van der Waals surface area contributed by atoms with Crippen molar-refractivity contribution in [2.75, 3.05) is 0 Å². The van der Waals surface area contributed by atoms with Gasteiger partial charge in [-0.25, -0.2) is 4.79 Å². The van der Waals surface area contributed by atoms with Crippen LogP contribution in [-0.4, -0.2) is 22.8 Å². The molecule has 3 saturated carbocycles. The lowest BCUT2D eigenvalue weighted by Crippen LogP contribution is -2.29. The summed E-state index contributed by atoms with van der Waals surface area (Å²) in [5.74, 6) is 2.01. The topological polar surface area (TPSA) is 46.5 Å². The maximum Gasteiger partial charge on any atom is 0.330 e. The summed E-state index contributed by atoms with van der Waals surface area (Å²) < 4.78 is 5.51. The van der Waals surface area contributed by atoms with Crippen LogP contribution in [0.2, 0.25) is 0 Å². The summed E-state index contributed by atoms with van der Waals surface area (Å²) >= 11 is 0. The van der Waals surface area contributed by atoms with Crippen LogP contribution in [0.15, 0.2) is 12.7 Å². The van der Waals surface area contributed by atoms with Crippen LogP contribution in [0.5, 0.6) is 0 Å². The molecule has 3 fully saturated rings. The highest BCUT2D eigenvalue weighted by Crippen LogP contribution is 2.61. The van der Waals surface area contributed by atoms with E-state index in [9.17, 15) is 9.90 Å². The minimum Gasteiger partial charge on any atom is -0.456 e. The summed E-state index contributed by atoms with van der Waals surface area (Å²) in [6.45, 7) is 5.47. The minimum atomic E-state index is -0.332. The molecule has 0 aliphatic heterocycles. The second-order valence-electron chi connectivity index (χ2n) is 6.27. The van der Waals surface area contributed by atoms with Gasteiger partial charge in [-0.2, -0.15) is 0 Å². The minimum absolute atomic E-state index is 0.112. The number of carbonyl (C=O) groups is 1. The summed E-state index contributed by atoms with van der Waals surface area (Å²) in [7, 11) is 0. The van der Waals surface area contributed by atoms with Crippen molar-refractivity contribution in [1.82, 2.24) is 0 Å². The van der Waals surface area contributed by atoms with Gasteiger partial charge in [-0.1, -0.05) is 6.58 Å². The molecule has 94 valence electrons. The third-order valence-corrected chi connectivity index (χ3v) is 5.17. The number of fused-ring (bicyclic) bond motifs is 5. The SMILES string of the molecule is C=CC(=O)OC1(C)CC2C3CC(O)C(C3)C2C1. The van der Waals surface area contributed by atoms with Crippen LogP contribution in [0.3, 0.4) is 0 Å². The van der Waals surface area contributed by atoms with Crippen molar-refractivity contribution in [2.24, 2.45) is 23.7 Å². The zero-order valence-corrected chi connectivity index (χ0v) is 10.3. The van der Waals surface area contributed by atoms with Crippen LogP contribution < -0.4 is 0 Å². The average Bonchev–Trinajstić information content (AvgIpc) is 2.86. The maximum absolute atomic E-state index is 11.3. The normalized spacial score (nSPS) is 51.3. The van der Waals surface area contributed by atoms with Gasteiger partial charge in [0.25, 0.3) is 0 Å². The molecule has 0 aromatic carbocycles. The van der Waals surface area contributed by atoms with Crippen LogP contribution >= 0.6 is 0 Å². The highest BCUT2D eigenvalue weighted by Gasteiger charge is 2.59. The van der Waals surface area contributed by atoms with E-state index in [1.807, 2.05) is 6.92 Å². The molecule has 3 heteroatoms. The molecule has 0 spiro atoms. The molecule has 3 rings (SSSR count). The Hall–Kier alpha value is -0.830. The summed E-state index contributed by atoms with van der Waals surface area (Å²) in [5.41, 5.74) is -0.332. The fraction of sp³-hybridized carbons (Fsp3) is 0.786. The van der Waals surface area contributed by atoms with Crippen molar-refractivity contribution < 1.29 is 14.6 Å². The van der Waals surface area contributed by atoms with E-state index in [2.05, 4.69) is 6.58 Å². The molecule has 2 bridgehead atoms. The lowest BCUT2D eigenvalue weighted by Gasteiger charge is -2.27. The summed E-state index contributed by atoms with van der Waals surface area (Å²) in [4.78, 5) is 11.3. The van der Waals surface area contributed by atoms with E-state index in [0.29, 0.717) is 23.7 Å². The molecule has 6 unspecified atom stereocenters. The highest BCUT2D eigenvalue weighted by molar-refractivity contribution is 5.81. The second-order valence-corrected chi connectivity index (χ2v) is 6.27. The first-order valence-corrected chi connectivity index (χ1v) is 6.56. The van der Waals surface area contributed by atoms with Gasteiger partial charge in [0.2, 0.25) is 0 Å². The first-order chi connectivity index (χ1) is 8.02. The number of aliphatic hydroxyl groups excluding tert-OH is 1. The highest BCUT2D eigenvalue weighted by atomic mass is 16.6. The van der Waals surface area contributed by atoms with E-state index >= 15 is 0 Å². The van der Waals surface area contributed by atoms with Crippen molar-refractivity contribution in [2.45, 2.75) is 44.3 Å². The predicted octanol–water partition coefficient (Wildman–Crippen LogP) is 1.90. The Balaban J connectivity index is 1.74. The van der Waals surface area contributed by atoms with E-state index in [1.165, 1.54) is 12.5 Å². The summed E-state index contributed by atoms with van der Waals surface area (Å²) in [5, 5.41) is 9.94. The lowest BCUT2D eigenvalue weighted by molar-refractivity contribution is -0.151. The Kier molecular flexibility index (Phi) is 2.37. The van der Waals surface area contributed by atoms with Gasteiger partial charge in [-0.05, 0) is 56.3 Å². The summed E-state index contributed by atoms with van der Waals surface area (Å²) in [6.07, 6.45) is 5.14. The van der Waals surface area contributed by atoms with Crippen molar-refractivity contribution in [3.8, 4) is 0 Å². The van der Waals surface area contributed by atoms with Gasteiger partial charge < -0.3 is 9.84 Å². The molecule has 6 atom stereocenters. The largest absolute Gasteiger partial charge is 0.456 e. The predicted molar refractivity (Wildman–Crippen MR) is 63.1 cm³/mol. The zero-order chi connectivity index (χ0) is 12.2. The first kappa shape index (κ1) is 11.3. The number of carbonyl (C=O) groups excluding carboxylic acids is 1. The second kappa shape index (κ2) is 3.58. The smallest absolute Gasteiger partial charge is 0.330 e. The van der Waals surface area contributed by atoms with Crippen molar-refractivity contribution in [1.29, 1.82) is 0 Å². The molecule has 0 saturated heterocycles. The Morgan fingerprint density at radius 2 is 2.06 bits per heavy atom. The molecular weight excluding hydrogens is 216 g/mol. The quantitative estimate of drug-likeness (QED) is 0.588. The van der Waals surface area contributed by atoms with Gasteiger partial charge in [0.15, 0.2) is 0 Å². The van der Waals surface area contributed by atoms with Crippen molar-refractivity contribution in [3.05, 3.63) is 12.7 Å². The van der Waals surface area contributed by atoms with Crippen LogP contribution in [-0.2, 0) is 9.53 Å². The molecular formula is C14H20O3. The van der Waals surface area contributed by atoms with Gasteiger partial charge >= 0.3 is 5.97 Å². The van der Waals surface area contributed by atoms with Crippen LogP contribution in [0.4, 0.5) is 0 Å². The summed E-state index contributed by atoms with van der Waals surface area (Å²) in [6, 6.07) is 0. The van der Waals surface area contributed by atoms with Gasteiger partial charge in [-0.3, -0.25) is 0 Å². The van der Waals surface area contributed by atoms with E-state index in [0.717, 1.165) is 19.3 Å². The van der Waals surface area contributed by atoms with Crippen LogP contribution in [0.25, 0.3) is 0 Å². The van der Waals surface area contributed by atoms with Crippen molar-refractivity contribution in [3.63, 3.8) is 0 Å². The fourth-order valence-electron chi connectivity index (χ4n) is 4.63. The Morgan fingerprint density at radius 3 is 2.76 bits per heavy atom. The van der Waals surface area contributed by atoms with E-state index < -0.39 is 0 Å². The molecule has 1 N–H and O–H groups in total. The van der Waals surface area contributed by atoms with Crippen molar-refractivity contribution >= 4 is 5.97 Å². The molecule has 0 amide bonds. The monoisotopic (exact) mass is 236 g/mol. The third kappa shape index (κ3) is 1.63. The third-order valence-electron chi connectivity index (χ3n) is 5.17. The van der Waals surface area contributed by atoms with Gasteiger partial charge in [0.05, 0.1) is 6.10 Å². The molecule has 0 aromatic heterocycles. The number of ether oxygens (including phenoxy) is 1. The molecule has 0 heterocycles. The molecule has 0 aromatic rings. The Labute approximate surface area is 102 Å². The zero-order valence-electron chi connectivity index (χ0n) is 10.3. The number of esters is 1. The number of hydrogen-bond acceptors (Lipinski definition) is 3. The number of rotatable bonds is 2. The van der Waals surface area contributed by atoms with Gasteiger partial charge in [0, 0.05) is 6.08 Å². The van der Waals surface area contributed by atoms with E-state index in [4.69, 9.17) is 4.74 Å². The lowest BCUT2D eigenvalue weighted by atomic mass is 9.80. The molecule has 3 nitrogen and oxygen atoms in total. The standard InChI is InChI=1S/C14H20O3/c1-3-13(16)17-14(2)6-10-8-4-9(11(10)7-14)12(15)5-8/h3,8-12,15H,1,4-7H2,2H3. The van der Waals surface area contributed by atoms with Crippen LogP contribution in [0, 0.1) is 23.7 Å². The average molecular weight is 236 g/mol. The molecule has 0 radical (unpaired) electrons. The molecule has 3 aliphatic carbocycles. The fourth-order valence-corrected chi connectivity index (χ4v) is 4.63. The van der Waals surface area contributed by atoms with Crippen LogP contribution in [0.1, 0.15) is 32.6 Å². The molecule has 3 aliphatic rings. The Bertz CT molecular complexity index is 364. The number of aliphatic hydroxyl groups is 1. The number of hydrogen-bond donors (Lipinski definition) is 1. The van der Waals surface area contributed by atoms with Gasteiger partial charge in [0.1, 0.15) is 5.60 Å². The van der Waals surface area contributed by atoms with Gasteiger partial charge in [-0.15, -0.1) is 0 Å². The molecule has 17 heavy (non-hydrogen) atoms. The Morgan fingerprint density at radius 1 is 1.35 bits per heavy atom.